The number of carbonyl (C=O) groups excluding carboxylic acids is 2. The van der Waals surface area contributed by atoms with Crippen molar-refractivity contribution in [1.82, 2.24) is 10.6 Å². The smallest absolute Gasteiger partial charge is 0.251 e. The summed E-state index contributed by atoms with van der Waals surface area (Å²) in [5.41, 5.74) is 0.415. The van der Waals surface area contributed by atoms with Gasteiger partial charge in [0.25, 0.3) is 5.91 Å². The molecule has 1 aromatic carbocycles. The zero-order chi connectivity index (χ0) is 15.0. The molecule has 0 saturated heterocycles. The maximum Gasteiger partial charge on any atom is 0.251 e. The van der Waals surface area contributed by atoms with E-state index in [1.807, 2.05) is 6.92 Å². The molecule has 0 aliphatic carbocycles. The molecule has 1 rings (SSSR count). The number of halogens is 1. The number of amides is 2. The van der Waals surface area contributed by atoms with E-state index in [0.717, 1.165) is 0 Å². The van der Waals surface area contributed by atoms with Crippen molar-refractivity contribution < 1.29 is 14.7 Å². The molecule has 1 atom stereocenters. The highest BCUT2D eigenvalue weighted by Gasteiger charge is 2.10. The van der Waals surface area contributed by atoms with Gasteiger partial charge in [0.1, 0.15) is 0 Å². The molecule has 5 nitrogen and oxygen atoms in total. The van der Waals surface area contributed by atoms with Crippen LogP contribution in [0.1, 0.15) is 30.1 Å². The molecule has 2 amide bonds. The molecular formula is C14H19ClN2O3. The summed E-state index contributed by atoms with van der Waals surface area (Å²) >= 11 is 5.79. The van der Waals surface area contributed by atoms with Crippen molar-refractivity contribution >= 4 is 23.4 Å². The Morgan fingerprint density at radius 1 is 1.40 bits per heavy atom. The van der Waals surface area contributed by atoms with Crippen molar-refractivity contribution in [2.45, 2.75) is 25.8 Å². The minimum Gasteiger partial charge on any atom is -0.396 e. The molecule has 0 heterocycles. The molecule has 0 saturated carbocycles. The van der Waals surface area contributed by atoms with Crippen LogP contribution in [0.5, 0.6) is 0 Å². The number of aliphatic hydroxyl groups excluding tert-OH is 1. The molecule has 6 heteroatoms. The zero-order valence-corrected chi connectivity index (χ0v) is 12.1. The van der Waals surface area contributed by atoms with Crippen molar-refractivity contribution in [2.24, 2.45) is 0 Å². The van der Waals surface area contributed by atoms with Gasteiger partial charge in [-0.15, -0.1) is 0 Å². The van der Waals surface area contributed by atoms with Crippen molar-refractivity contribution in [3.8, 4) is 0 Å². The molecule has 1 unspecified atom stereocenters. The monoisotopic (exact) mass is 298 g/mol. The average Bonchev–Trinajstić information content (AvgIpc) is 2.42. The minimum atomic E-state index is -0.342. The highest BCUT2D eigenvalue weighted by Crippen LogP contribution is 2.10. The second-order valence-electron chi connectivity index (χ2n) is 4.53. The normalized spacial score (nSPS) is 11.8. The van der Waals surface area contributed by atoms with Gasteiger partial charge in [-0.05, 0) is 38.0 Å². The van der Waals surface area contributed by atoms with E-state index in [4.69, 9.17) is 16.7 Å². The van der Waals surface area contributed by atoms with Crippen LogP contribution in [0.3, 0.4) is 0 Å². The molecule has 0 aliphatic rings. The van der Waals surface area contributed by atoms with Gasteiger partial charge in [0.2, 0.25) is 5.91 Å². The fourth-order valence-corrected chi connectivity index (χ4v) is 1.88. The second kappa shape index (κ2) is 8.55. The Balaban J connectivity index is 2.35. The highest BCUT2D eigenvalue weighted by molar-refractivity contribution is 6.30. The van der Waals surface area contributed by atoms with Crippen LogP contribution >= 0.6 is 11.6 Å². The Morgan fingerprint density at radius 3 is 2.80 bits per heavy atom. The Morgan fingerprint density at radius 2 is 2.15 bits per heavy atom. The summed E-state index contributed by atoms with van der Waals surface area (Å²) < 4.78 is 0. The third kappa shape index (κ3) is 6.04. The van der Waals surface area contributed by atoms with E-state index in [-0.39, 0.29) is 31.0 Å². The summed E-state index contributed by atoms with van der Waals surface area (Å²) in [5, 5.41) is 14.4. The maximum absolute atomic E-state index is 11.8. The van der Waals surface area contributed by atoms with Crippen LogP contribution in [0.25, 0.3) is 0 Å². The van der Waals surface area contributed by atoms with E-state index in [9.17, 15) is 9.59 Å². The third-order valence-corrected chi connectivity index (χ3v) is 2.93. The van der Waals surface area contributed by atoms with Crippen LogP contribution in [0.2, 0.25) is 5.02 Å². The Hall–Kier alpha value is -1.59. The van der Waals surface area contributed by atoms with E-state index >= 15 is 0 Å². The molecular weight excluding hydrogens is 280 g/mol. The number of benzene rings is 1. The first-order valence-electron chi connectivity index (χ1n) is 6.47. The largest absolute Gasteiger partial charge is 0.396 e. The highest BCUT2D eigenvalue weighted by atomic mass is 35.5. The lowest BCUT2D eigenvalue weighted by atomic mass is 10.2. The second-order valence-corrected chi connectivity index (χ2v) is 4.96. The molecule has 0 aliphatic heterocycles. The quantitative estimate of drug-likeness (QED) is 0.711. The summed E-state index contributed by atoms with van der Waals surface area (Å²) in [4.78, 5) is 23.4. The molecule has 1 aromatic rings. The Bertz CT molecular complexity index is 465. The summed E-state index contributed by atoms with van der Waals surface area (Å²) in [6, 6.07) is 6.49. The van der Waals surface area contributed by atoms with Gasteiger partial charge in [0.05, 0.1) is 6.54 Å². The molecule has 0 bridgehead atoms. The number of aliphatic hydroxyl groups is 1. The van der Waals surface area contributed by atoms with Gasteiger partial charge in [-0.3, -0.25) is 9.59 Å². The number of nitrogens with one attached hydrogen (secondary N) is 2. The van der Waals surface area contributed by atoms with Gasteiger partial charge in [0, 0.05) is 23.2 Å². The van der Waals surface area contributed by atoms with Gasteiger partial charge in [0.15, 0.2) is 0 Å². The number of rotatable bonds is 7. The van der Waals surface area contributed by atoms with E-state index in [1.54, 1.807) is 24.3 Å². The SMILES string of the molecule is CC(CCCO)NC(=O)CNC(=O)c1cccc(Cl)c1. The van der Waals surface area contributed by atoms with Gasteiger partial charge < -0.3 is 15.7 Å². The first-order valence-corrected chi connectivity index (χ1v) is 6.84. The summed E-state index contributed by atoms with van der Waals surface area (Å²) in [6.45, 7) is 1.87. The zero-order valence-electron chi connectivity index (χ0n) is 11.4. The number of carbonyl (C=O) groups is 2. The molecule has 20 heavy (non-hydrogen) atoms. The fourth-order valence-electron chi connectivity index (χ4n) is 1.69. The van der Waals surface area contributed by atoms with Gasteiger partial charge in [-0.1, -0.05) is 17.7 Å². The molecule has 0 spiro atoms. The van der Waals surface area contributed by atoms with Crippen LogP contribution < -0.4 is 10.6 Å². The van der Waals surface area contributed by atoms with E-state index in [2.05, 4.69) is 10.6 Å². The van der Waals surface area contributed by atoms with Gasteiger partial charge >= 0.3 is 0 Å². The van der Waals surface area contributed by atoms with Crippen LogP contribution in [0, 0.1) is 0 Å². The van der Waals surface area contributed by atoms with E-state index < -0.39 is 0 Å². The number of hydrogen-bond donors (Lipinski definition) is 3. The molecule has 0 radical (unpaired) electrons. The van der Waals surface area contributed by atoms with Gasteiger partial charge in [-0.2, -0.15) is 0 Å². The molecule has 3 N–H and O–H groups in total. The standard InChI is InChI=1S/C14H19ClN2O3/c1-10(4-3-7-18)17-13(19)9-16-14(20)11-5-2-6-12(15)8-11/h2,5-6,8,10,18H,3-4,7,9H2,1H3,(H,16,20)(H,17,19). The van der Waals surface area contributed by atoms with E-state index in [1.165, 1.54) is 0 Å². The average molecular weight is 299 g/mol. The fraction of sp³-hybridized carbons (Fsp3) is 0.429. The lowest BCUT2D eigenvalue weighted by Crippen LogP contribution is -2.40. The predicted octanol–water partition coefficient (Wildman–Crippen LogP) is 1.35. The number of hydrogen-bond acceptors (Lipinski definition) is 3. The summed E-state index contributed by atoms with van der Waals surface area (Å²) in [5.74, 6) is -0.600. The van der Waals surface area contributed by atoms with Crippen molar-refractivity contribution in [3.63, 3.8) is 0 Å². The predicted molar refractivity (Wildman–Crippen MR) is 77.7 cm³/mol. The topological polar surface area (TPSA) is 78.4 Å². The lowest BCUT2D eigenvalue weighted by molar-refractivity contribution is -0.120. The lowest BCUT2D eigenvalue weighted by Gasteiger charge is -2.13. The first kappa shape index (κ1) is 16.5. The van der Waals surface area contributed by atoms with Crippen LogP contribution in [-0.4, -0.2) is 36.1 Å². The molecule has 110 valence electrons. The third-order valence-electron chi connectivity index (χ3n) is 2.70. The Labute approximate surface area is 123 Å². The van der Waals surface area contributed by atoms with Crippen molar-refractivity contribution in [3.05, 3.63) is 34.9 Å². The van der Waals surface area contributed by atoms with Crippen LogP contribution in [0.15, 0.2) is 24.3 Å². The van der Waals surface area contributed by atoms with Crippen molar-refractivity contribution in [2.75, 3.05) is 13.2 Å². The van der Waals surface area contributed by atoms with Gasteiger partial charge in [-0.25, -0.2) is 0 Å². The first-order chi connectivity index (χ1) is 9.52. The summed E-state index contributed by atoms with van der Waals surface area (Å²) in [7, 11) is 0. The molecule has 0 aromatic heterocycles. The van der Waals surface area contributed by atoms with E-state index in [0.29, 0.717) is 23.4 Å². The van der Waals surface area contributed by atoms with Crippen LogP contribution in [0.4, 0.5) is 0 Å². The Kier molecular flexibility index (Phi) is 7.04. The maximum atomic E-state index is 11.8. The van der Waals surface area contributed by atoms with Crippen molar-refractivity contribution in [1.29, 1.82) is 0 Å². The minimum absolute atomic E-state index is 0.0299. The molecule has 0 fully saturated rings. The summed E-state index contributed by atoms with van der Waals surface area (Å²) in [6.07, 6.45) is 1.33. The van der Waals surface area contributed by atoms with Crippen LogP contribution in [-0.2, 0) is 4.79 Å².